The molecule has 0 aliphatic rings. The van der Waals surface area contributed by atoms with Crippen LogP contribution in [0.25, 0.3) is 11.2 Å². The number of imidazole rings is 1. The molecule has 0 saturated carbocycles. The number of phenols is 1. The molecule has 3 aromatic rings. The van der Waals surface area contributed by atoms with Gasteiger partial charge in [-0.15, -0.1) is 9.05 Å². The Morgan fingerprint density at radius 1 is 1.21 bits per heavy atom. The fourth-order valence-corrected chi connectivity index (χ4v) is 2.98. The average Bonchev–Trinajstić information content (AvgIpc) is 3.05. The van der Waals surface area contributed by atoms with Gasteiger partial charge in [0, 0.05) is 11.0 Å². The van der Waals surface area contributed by atoms with Crippen molar-refractivity contribution in [2.45, 2.75) is 13.0 Å². The number of aromatic hydroxyl groups is 1. The van der Waals surface area contributed by atoms with Crippen molar-refractivity contribution < 1.29 is 28.2 Å². The minimum atomic E-state index is -2.11. The molecule has 12 heteroatoms. The number of nitrogen functional groups attached to an aromatic ring is 1. The van der Waals surface area contributed by atoms with Crippen molar-refractivity contribution >= 4 is 25.2 Å². The van der Waals surface area contributed by atoms with Gasteiger partial charge in [0.15, 0.2) is 17.0 Å². The second-order valence-electron chi connectivity index (χ2n) is 5.86. The van der Waals surface area contributed by atoms with Gasteiger partial charge in [-0.2, -0.15) is 15.0 Å². The largest absolute Gasteiger partial charge is 0.697 e. The van der Waals surface area contributed by atoms with E-state index >= 15 is 0 Å². The van der Waals surface area contributed by atoms with E-state index in [-0.39, 0.29) is 30.8 Å². The van der Waals surface area contributed by atoms with Crippen LogP contribution in [0.4, 0.5) is 5.82 Å². The third-order valence-corrected chi connectivity index (χ3v) is 4.56. The average molecular weight is 422 g/mol. The number of phenolic OH excluding ortho intramolecular Hbond substituents is 1. The molecule has 0 fully saturated rings. The van der Waals surface area contributed by atoms with E-state index in [9.17, 15) is 9.67 Å². The maximum atomic E-state index is 11.1. The lowest BCUT2D eigenvalue weighted by atomic mass is 10.2. The zero-order valence-corrected chi connectivity index (χ0v) is 16.8. The first kappa shape index (κ1) is 20.7. The molecule has 2 heterocycles. The highest BCUT2D eigenvalue weighted by Crippen LogP contribution is 2.27. The number of aromatic nitrogens is 4. The van der Waals surface area contributed by atoms with E-state index in [4.69, 9.17) is 19.7 Å². The number of ether oxygens (including phenoxy) is 2. The van der Waals surface area contributed by atoms with Gasteiger partial charge in [0.25, 0.3) is 6.01 Å². The van der Waals surface area contributed by atoms with Crippen molar-refractivity contribution in [3.05, 3.63) is 29.8 Å². The van der Waals surface area contributed by atoms with Crippen LogP contribution in [0, 0.1) is 0 Å². The minimum Gasteiger partial charge on any atom is -0.508 e. The Bertz CT molecular complexity index is 1010. The molecular formula is C17H21N5O6P+. The van der Waals surface area contributed by atoms with Crippen molar-refractivity contribution in [2.75, 3.05) is 33.2 Å². The summed E-state index contributed by atoms with van der Waals surface area (Å²) in [5.74, 6) is 0.304. The number of nitrogens with two attached hydrogens (primary N) is 1. The lowest BCUT2D eigenvalue weighted by Gasteiger charge is -2.09. The maximum Gasteiger partial charge on any atom is 0.697 e. The van der Waals surface area contributed by atoms with Crippen molar-refractivity contribution in [1.29, 1.82) is 0 Å². The topological polar surface area (TPSA) is 144 Å². The first-order valence-electron chi connectivity index (χ1n) is 8.64. The third kappa shape index (κ3) is 5.08. The van der Waals surface area contributed by atoms with Crippen molar-refractivity contribution in [1.82, 2.24) is 19.5 Å². The number of benzene rings is 1. The summed E-state index contributed by atoms with van der Waals surface area (Å²) in [6, 6.07) is 7.21. The molecule has 1 unspecified atom stereocenters. The second kappa shape index (κ2) is 9.46. The molecule has 0 amide bonds. The Kier molecular flexibility index (Phi) is 6.76. The van der Waals surface area contributed by atoms with E-state index < -0.39 is 8.25 Å². The fraction of sp³-hybridized carbons (Fsp3) is 0.353. The van der Waals surface area contributed by atoms with Gasteiger partial charge in [0.05, 0.1) is 27.4 Å². The molecule has 1 atom stereocenters. The number of methoxy groups -OCH3 is 1. The molecule has 0 saturated heterocycles. The van der Waals surface area contributed by atoms with Crippen LogP contribution < -0.4 is 15.2 Å². The summed E-state index contributed by atoms with van der Waals surface area (Å²) < 4.78 is 33.1. The zero-order chi connectivity index (χ0) is 20.8. The number of fused-ring (bicyclic) bond motifs is 1. The fourth-order valence-electron chi connectivity index (χ4n) is 2.60. The van der Waals surface area contributed by atoms with Crippen molar-refractivity contribution in [3.8, 4) is 17.8 Å². The molecule has 1 aromatic carbocycles. The molecule has 3 rings (SSSR count). The van der Waals surface area contributed by atoms with E-state index in [1.807, 2.05) is 6.07 Å². The number of hydrogen-bond acceptors (Lipinski definition) is 10. The Balaban J connectivity index is 1.80. The molecule has 0 bridgehead atoms. The molecule has 154 valence electrons. The van der Waals surface area contributed by atoms with Crippen LogP contribution in [-0.4, -0.2) is 52.1 Å². The molecular weight excluding hydrogens is 401 g/mol. The van der Waals surface area contributed by atoms with Gasteiger partial charge in [-0.25, -0.2) is 0 Å². The molecule has 11 nitrogen and oxygen atoms in total. The zero-order valence-electron chi connectivity index (χ0n) is 15.9. The van der Waals surface area contributed by atoms with Crippen molar-refractivity contribution in [3.63, 3.8) is 0 Å². The summed E-state index contributed by atoms with van der Waals surface area (Å²) >= 11 is 0. The van der Waals surface area contributed by atoms with E-state index in [1.54, 1.807) is 22.8 Å². The second-order valence-corrected chi connectivity index (χ2v) is 6.93. The molecule has 2 aromatic heterocycles. The summed E-state index contributed by atoms with van der Waals surface area (Å²) in [6.45, 7) is 0.779. The van der Waals surface area contributed by atoms with Gasteiger partial charge in [0.1, 0.15) is 12.4 Å². The monoisotopic (exact) mass is 422 g/mol. The Labute approximate surface area is 167 Å². The summed E-state index contributed by atoms with van der Waals surface area (Å²) in [4.78, 5) is 12.8. The van der Waals surface area contributed by atoms with Gasteiger partial charge < -0.3 is 20.3 Å². The predicted molar refractivity (Wildman–Crippen MR) is 104 cm³/mol. The summed E-state index contributed by atoms with van der Waals surface area (Å²) in [7, 11) is 0.685. The molecule has 0 aliphatic carbocycles. The molecule has 0 spiro atoms. The summed E-state index contributed by atoms with van der Waals surface area (Å²) in [5.41, 5.74) is 7.66. The first-order chi connectivity index (χ1) is 14.0. The smallest absolute Gasteiger partial charge is 0.508 e. The highest BCUT2D eigenvalue weighted by molar-refractivity contribution is 7.33. The van der Waals surface area contributed by atoms with Crippen LogP contribution >= 0.6 is 8.25 Å². The highest BCUT2D eigenvalue weighted by atomic mass is 31.1. The SMILES string of the molecule is COc1nc2c(N)nc(OCCCO[P+](=O)OC)nc2n1Cc1cccc(O)c1. The van der Waals surface area contributed by atoms with Crippen LogP contribution in [-0.2, 0) is 20.2 Å². The quantitative estimate of drug-likeness (QED) is 0.369. The van der Waals surface area contributed by atoms with Crippen LogP contribution in [0.1, 0.15) is 12.0 Å². The molecule has 0 aliphatic heterocycles. The van der Waals surface area contributed by atoms with E-state index in [1.165, 1.54) is 14.2 Å². The normalized spacial score (nSPS) is 11.6. The molecule has 3 N–H and O–H groups in total. The molecule has 0 radical (unpaired) electrons. The van der Waals surface area contributed by atoms with E-state index in [0.717, 1.165) is 5.56 Å². The van der Waals surface area contributed by atoms with Gasteiger partial charge in [-0.1, -0.05) is 12.1 Å². The van der Waals surface area contributed by atoms with Crippen LogP contribution in [0.2, 0.25) is 0 Å². The van der Waals surface area contributed by atoms with Crippen molar-refractivity contribution in [2.24, 2.45) is 0 Å². The van der Waals surface area contributed by atoms with E-state index in [2.05, 4.69) is 19.5 Å². The van der Waals surface area contributed by atoms with Gasteiger partial charge >= 0.3 is 14.3 Å². The number of rotatable bonds is 10. The first-order valence-corrected chi connectivity index (χ1v) is 9.74. The highest BCUT2D eigenvalue weighted by Gasteiger charge is 2.19. The summed E-state index contributed by atoms with van der Waals surface area (Å²) in [5, 5.41) is 9.70. The Morgan fingerprint density at radius 3 is 2.76 bits per heavy atom. The van der Waals surface area contributed by atoms with Crippen LogP contribution in [0.5, 0.6) is 17.8 Å². The van der Waals surface area contributed by atoms with Gasteiger partial charge in [-0.05, 0) is 17.7 Å². The van der Waals surface area contributed by atoms with E-state index in [0.29, 0.717) is 30.1 Å². The van der Waals surface area contributed by atoms with Gasteiger partial charge in [0.2, 0.25) is 0 Å². The summed E-state index contributed by atoms with van der Waals surface area (Å²) in [6.07, 6.45) is 0.456. The predicted octanol–water partition coefficient (Wildman–Crippen LogP) is 2.26. The standard InChI is InChI=1S/C17H20N5O6P/c1-25-17-19-13-14(18)20-16(27-7-4-8-28-29(24)26-2)21-15(13)22(17)10-11-5-3-6-12(23)9-11/h3,5-6,9H,4,7-8,10H2,1-2H3,(H2-,18,20,21,23)/p+1. The number of nitrogens with zero attached hydrogens (tertiary/aromatic N) is 4. The lowest BCUT2D eigenvalue weighted by Crippen LogP contribution is -2.08. The Morgan fingerprint density at radius 2 is 2.03 bits per heavy atom. The Hall–Kier alpha value is -3.01. The third-order valence-electron chi connectivity index (χ3n) is 3.87. The number of hydrogen-bond donors (Lipinski definition) is 2. The van der Waals surface area contributed by atoms with Crippen LogP contribution in [0.3, 0.4) is 0 Å². The molecule has 29 heavy (non-hydrogen) atoms. The van der Waals surface area contributed by atoms with Gasteiger partial charge in [-0.3, -0.25) is 4.57 Å². The van der Waals surface area contributed by atoms with Crippen LogP contribution in [0.15, 0.2) is 24.3 Å². The maximum absolute atomic E-state index is 11.1. The lowest BCUT2D eigenvalue weighted by molar-refractivity contribution is 0.217. The minimum absolute atomic E-state index is 0.0749. The number of anilines is 1.